The van der Waals surface area contributed by atoms with Crippen molar-refractivity contribution in [1.29, 1.82) is 0 Å². The Morgan fingerprint density at radius 1 is 1.05 bits per heavy atom. The van der Waals surface area contributed by atoms with Crippen molar-refractivity contribution in [3.8, 4) is 5.75 Å². The van der Waals surface area contributed by atoms with Crippen LogP contribution >= 0.6 is 0 Å². The normalized spacial score (nSPS) is 11.9. The molecule has 0 fully saturated rings. The monoisotopic (exact) mass is 551 g/mol. The molecule has 2 aromatic heterocycles. The highest BCUT2D eigenvalue weighted by Crippen LogP contribution is 2.31. The van der Waals surface area contributed by atoms with Crippen LogP contribution in [0.4, 0.5) is 0 Å². The standard InChI is InChI=1S/C31H41N3O6/c1-5-12-23(15-10-11-16-24(36)20-35)32-30(38)28-29(40-17-6-2)27-25(33(28)4)18-21(3)34(31(27)39)19-26(37)22-13-8-7-9-14-22/h7-9,13-14,18,23,35H,5-6,10-12,15-17,19-20H2,1-4H3,(H,32,38). The number of hydrogen-bond acceptors (Lipinski definition) is 6. The topological polar surface area (TPSA) is 120 Å². The smallest absolute Gasteiger partial charge is 0.272 e. The molecule has 0 saturated heterocycles. The van der Waals surface area contributed by atoms with Crippen LogP contribution in [-0.2, 0) is 18.4 Å². The van der Waals surface area contributed by atoms with Gasteiger partial charge in [0.2, 0.25) is 0 Å². The lowest BCUT2D eigenvalue weighted by Gasteiger charge is -2.19. The van der Waals surface area contributed by atoms with Crippen LogP contribution in [0.3, 0.4) is 0 Å². The number of aryl methyl sites for hydroxylation is 2. The predicted molar refractivity (Wildman–Crippen MR) is 155 cm³/mol. The average molecular weight is 552 g/mol. The van der Waals surface area contributed by atoms with E-state index in [1.807, 2.05) is 26.0 Å². The van der Waals surface area contributed by atoms with Gasteiger partial charge in [-0.25, -0.2) is 0 Å². The number of ketones is 2. The second-order valence-electron chi connectivity index (χ2n) is 10.2. The molecule has 1 atom stereocenters. The minimum absolute atomic E-state index is 0.111. The zero-order chi connectivity index (χ0) is 29.2. The molecule has 0 aliphatic heterocycles. The number of Topliss-reactive ketones (excluding diaryl/α,β-unsaturated/α-hetero) is 2. The SMILES string of the molecule is CCCOc1c(C(=O)NC(CCC)CCCCC(=O)CO)n(C)c2cc(C)n(CC(=O)c3ccccc3)c(=O)c12. The van der Waals surface area contributed by atoms with E-state index in [0.29, 0.717) is 49.1 Å². The van der Waals surface area contributed by atoms with Gasteiger partial charge in [0.25, 0.3) is 11.5 Å². The molecular formula is C31H41N3O6. The minimum Gasteiger partial charge on any atom is -0.490 e. The third kappa shape index (κ3) is 7.27. The minimum atomic E-state index is -0.446. The van der Waals surface area contributed by atoms with Crippen LogP contribution in [0.2, 0.25) is 0 Å². The number of rotatable bonds is 16. The lowest BCUT2D eigenvalue weighted by Crippen LogP contribution is -2.36. The molecule has 1 aromatic carbocycles. The molecule has 216 valence electrons. The Hall–Kier alpha value is -3.72. The van der Waals surface area contributed by atoms with Crippen molar-refractivity contribution in [2.45, 2.75) is 78.3 Å². The molecule has 0 aliphatic carbocycles. The lowest BCUT2D eigenvalue weighted by molar-refractivity contribution is -0.121. The number of amides is 1. The summed E-state index contributed by atoms with van der Waals surface area (Å²) in [5.41, 5.74) is 1.59. The van der Waals surface area contributed by atoms with E-state index in [0.717, 1.165) is 19.3 Å². The number of aliphatic hydroxyl groups is 1. The second kappa shape index (κ2) is 14.6. The van der Waals surface area contributed by atoms with Crippen molar-refractivity contribution < 1.29 is 24.2 Å². The second-order valence-corrected chi connectivity index (χ2v) is 10.2. The first kappa shape index (κ1) is 30.8. The fourth-order valence-corrected chi connectivity index (χ4v) is 4.96. The highest BCUT2D eigenvalue weighted by molar-refractivity contribution is 6.04. The fraction of sp³-hybridized carbons (Fsp3) is 0.484. The van der Waals surface area contributed by atoms with Gasteiger partial charge >= 0.3 is 0 Å². The molecule has 0 radical (unpaired) electrons. The van der Waals surface area contributed by atoms with Crippen LogP contribution in [0.15, 0.2) is 41.2 Å². The quantitative estimate of drug-likeness (QED) is 0.202. The number of aliphatic hydroxyl groups excluding tert-OH is 1. The third-order valence-electron chi connectivity index (χ3n) is 7.10. The number of pyridine rings is 1. The molecule has 1 unspecified atom stereocenters. The molecule has 0 saturated carbocycles. The largest absolute Gasteiger partial charge is 0.490 e. The summed E-state index contributed by atoms with van der Waals surface area (Å²) in [5, 5.41) is 12.3. The van der Waals surface area contributed by atoms with Crippen LogP contribution in [0.5, 0.6) is 5.75 Å². The van der Waals surface area contributed by atoms with Gasteiger partial charge in [-0.05, 0) is 38.7 Å². The molecule has 9 heteroatoms. The maximum atomic E-state index is 13.8. The summed E-state index contributed by atoms with van der Waals surface area (Å²) >= 11 is 0. The number of unbranched alkanes of at least 4 members (excludes halogenated alkanes) is 1. The number of nitrogens with one attached hydrogen (secondary N) is 1. The Morgan fingerprint density at radius 3 is 2.42 bits per heavy atom. The molecule has 0 spiro atoms. The lowest BCUT2D eigenvalue weighted by atomic mass is 10.0. The zero-order valence-electron chi connectivity index (χ0n) is 24.0. The van der Waals surface area contributed by atoms with Gasteiger partial charge in [-0.15, -0.1) is 0 Å². The Balaban J connectivity index is 1.97. The van der Waals surface area contributed by atoms with Crippen molar-refractivity contribution in [2.24, 2.45) is 7.05 Å². The van der Waals surface area contributed by atoms with Crippen LogP contribution < -0.4 is 15.6 Å². The number of hydrogen-bond donors (Lipinski definition) is 2. The maximum Gasteiger partial charge on any atom is 0.272 e. The maximum absolute atomic E-state index is 13.8. The molecule has 0 aliphatic rings. The van der Waals surface area contributed by atoms with Gasteiger partial charge in [0.1, 0.15) is 12.0 Å². The molecule has 2 N–H and O–H groups in total. The first-order valence-corrected chi connectivity index (χ1v) is 14.1. The van der Waals surface area contributed by atoms with Gasteiger partial charge in [-0.1, -0.05) is 57.0 Å². The summed E-state index contributed by atoms with van der Waals surface area (Å²) in [6.07, 6.45) is 4.73. The predicted octanol–water partition coefficient (Wildman–Crippen LogP) is 4.34. The Kier molecular flexibility index (Phi) is 11.3. The zero-order valence-corrected chi connectivity index (χ0v) is 24.0. The van der Waals surface area contributed by atoms with E-state index < -0.39 is 6.61 Å². The molecule has 3 rings (SSSR count). The van der Waals surface area contributed by atoms with E-state index in [-0.39, 0.29) is 52.4 Å². The summed E-state index contributed by atoms with van der Waals surface area (Å²) in [6.45, 7) is 5.53. The number of ether oxygens (including phenoxy) is 1. The van der Waals surface area contributed by atoms with Crippen LogP contribution in [0.25, 0.3) is 10.9 Å². The van der Waals surface area contributed by atoms with E-state index in [1.165, 1.54) is 4.57 Å². The summed E-state index contributed by atoms with van der Waals surface area (Å²) < 4.78 is 9.17. The highest BCUT2D eigenvalue weighted by Gasteiger charge is 2.28. The number of fused-ring (bicyclic) bond motifs is 1. The Labute approximate surface area is 235 Å². The van der Waals surface area contributed by atoms with Crippen LogP contribution in [-0.4, -0.2) is 51.0 Å². The van der Waals surface area contributed by atoms with Gasteiger partial charge in [0.05, 0.1) is 18.7 Å². The Morgan fingerprint density at radius 2 is 1.77 bits per heavy atom. The van der Waals surface area contributed by atoms with Crippen LogP contribution in [0.1, 0.15) is 85.3 Å². The van der Waals surface area contributed by atoms with Gasteiger partial charge < -0.3 is 24.3 Å². The molecule has 2 heterocycles. The van der Waals surface area contributed by atoms with Crippen molar-refractivity contribution in [2.75, 3.05) is 13.2 Å². The molecular weight excluding hydrogens is 510 g/mol. The van der Waals surface area contributed by atoms with Gasteiger partial charge in [-0.2, -0.15) is 0 Å². The van der Waals surface area contributed by atoms with E-state index in [2.05, 4.69) is 5.32 Å². The van der Waals surface area contributed by atoms with E-state index in [9.17, 15) is 19.2 Å². The summed E-state index contributed by atoms with van der Waals surface area (Å²) in [7, 11) is 1.74. The van der Waals surface area contributed by atoms with Crippen molar-refractivity contribution in [3.05, 3.63) is 63.7 Å². The Bertz CT molecular complexity index is 1390. The van der Waals surface area contributed by atoms with Crippen molar-refractivity contribution in [3.63, 3.8) is 0 Å². The van der Waals surface area contributed by atoms with Crippen molar-refractivity contribution in [1.82, 2.24) is 14.5 Å². The van der Waals surface area contributed by atoms with E-state index in [1.54, 1.807) is 42.8 Å². The first-order valence-electron chi connectivity index (χ1n) is 14.1. The van der Waals surface area contributed by atoms with Gasteiger partial charge in [0, 0.05) is 30.8 Å². The van der Waals surface area contributed by atoms with Crippen LogP contribution in [0, 0.1) is 6.92 Å². The highest BCUT2D eigenvalue weighted by atomic mass is 16.5. The average Bonchev–Trinajstić information content (AvgIpc) is 3.23. The molecule has 0 bridgehead atoms. The summed E-state index contributed by atoms with van der Waals surface area (Å²) in [6, 6.07) is 10.5. The number of aromatic nitrogens is 2. The van der Waals surface area contributed by atoms with Gasteiger partial charge in [0.15, 0.2) is 23.0 Å². The van der Waals surface area contributed by atoms with E-state index in [4.69, 9.17) is 9.84 Å². The number of carbonyl (C=O) groups excluding carboxylic acids is 3. The number of nitrogens with zero attached hydrogens (tertiary/aromatic N) is 2. The molecule has 9 nitrogen and oxygen atoms in total. The van der Waals surface area contributed by atoms with E-state index >= 15 is 0 Å². The third-order valence-corrected chi connectivity index (χ3v) is 7.10. The fourth-order valence-electron chi connectivity index (χ4n) is 4.96. The summed E-state index contributed by atoms with van der Waals surface area (Å²) in [5.74, 6) is -0.473. The molecule has 3 aromatic rings. The molecule has 1 amide bonds. The van der Waals surface area contributed by atoms with Crippen molar-refractivity contribution >= 4 is 28.4 Å². The molecule has 40 heavy (non-hydrogen) atoms. The number of carbonyl (C=O) groups is 3. The van der Waals surface area contributed by atoms with Gasteiger partial charge in [-0.3, -0.25) is 19.2 Å². The summed E-state index contributed by atoms with van der Waals surface area (Å²) in [4.78, 5) is 51.8. The first-order chi connectivity index (χ1) is 19.2. The number of benzene rings is 1.